The minimum atomic E-state index is -0.597. The fourth-order valence-corrected chi connectivity index (χ4v) is 5.95. The summed E-state index contributed by atoms with van der Waals surface area (Å²) in [5.41, 5.74) is 2.57. The highest BCUT2D eigenvalue weighted by Crippen LogP contribution is 2.40. The summed E-state index contributed by atoms with van der Waals surface area (Å²) < 4.78 is 33.3. The van der Waals surface area contributed by atoms with E-state index in [9.17, 15) is 13.6 Å². The van der Waals surface area contributed by atoms with E-state index in [1.54, 1.807) is 6.20 Å². The van der Waals surface area contributed by atoms with Crippen LogP contribution in [-0.4, -0.2) is 91.3 Å². The molecule has 4 heterocycles. The minimum absolute atomic E-state index is 0. The van der Waals surface area contributed by atoms with Gasteiger partial charge >= 0.3 is 0 Å². The van der Waals surface area contributed by atoms with E-state index in [4.69, 9.17) is 9.72 Å². The number of halogens is 4. The molecule has 2 saturated heterocycles. The summed E-state index contributed by atoms with van der Waals surface area (Å²) in [5, 5.41) is 3.59. The number of hydrogen-bond donors (Lipinski definition) is 1. The molecule has 1 N–H and O–H groups in total. The number of piperazine rings is 1. The molecule has 7 nitrogen and oxygen atoms in total. The molecule has 3 aliphatic rings. The molecule has 1 aromatic carbocycles. The smallest absolute Gasteiger partial charge is 0.241 e. The van der Waals surface area contributed by atoms with Crippen molar-refractivity contribution >= 4 is 36.4 Å². The topological polar surface area (TPSA) is 60.9 Å². The monoisotopic (exact) mass is 599 g/mol. The Morgan fingerprint density at radius 1 is 1.18 bits per heavy atom. The van der Waals surface area contributed by atoms with Crippen LogP contribution in [-0.2, 0) is 21.4 Å². The van der Waals surface area contributed by atoms with Gasteiger partial charge in [-0.25, -0.2) is 8.78 Å². The number of nitrogens with zero attached hydrogens (tertiary/aromatic N) is 4. The van der Waals surface area contributed by atoms with Crippen LogP contribution in [0.1, 0.15) is 44.5 Å². The number of amides is 1. The van der Waals surface area contributed by atoms with Crippen molar-refractivity contribution in [2.45, 2.75) is 57.7 Å². The van der Waals surface area contributed by atoms with Crippen molar-refractivity contribution in [3.63, 3.8) is 0 Å². The van der Waals surface area contributed by atoms with Gasteiger partial charge in [0.1, 0.15) is 11.6 Å². The lowest BCUT2D eigenvalue weighted by atomic mass is 9.91. The third-order valence-corrected chi connectivity index (χ3v) is 8.14. The summed E-state index contributed by atoms with van der Waals surface area (Å²) in [6.45, 7) is 14.4. The highest BCUT2D eigenvalue weighted by Gasteiger charge is 2.41. The molecule has 2 aromatic rings. The van der Waals surface area contributed by atoms with E-state index in [0.29, 0.717) is 30.7 Å². The molecule has 1 aromatic heterocycles. The van der Waals surface area contributed by atoms with Crippen LogP contribution in [0, 0.1) is 11.6 Å². The van der Waals surface area contributed by atoms with Crippen molar-refractivity contribution in [1.29, 1.82) is 0 Å². The molecule has 3 aliphatic heterocycles. The summed E-state index contributed by atoms with van der Waals surface area (Å²) in [6.07, 6.45) is 2.03. The van der Waals surface area contributed by atoms with Gasteiger partial charge in [-0.3, -0.25) is 19.6 Å². The predicted octanol–water partition coefficient (Wildman–Crippen LogP) is 3.80. The normalized spacial score (nSPS) is 24.6. The molecule has 1 amide bonds. The van der Waals surface area contributed by atoms with Gasteiger partial charge in [0.05, 0.1) is 31.1 Å². The molecular weight excluding hydrogens is 559 g/mol. The molecule has 0 saturated carbocycles. The van der Waals surface area contributed by atoms with Crippen molar-refractivity contribution < 1.29 is 18.3 Å². The number of carbonyl (C=O) groups excluding carboxylic acids is 1. The first-order chi connectivity index (χ1) is 18.1. The lowest BCUT2D eigenvalue weighted by Crippen LogP contribution is -2.62. The zero-order chi connectivity index (χ0) is 27.0. The van der Waals surface area contributed by atoms with Gasteiger partial charge in [0, 0.05) is 74.9 Å². The van der Waals surface area contributed by atoms with Gasteiger partial charge < -0.3 is 15.0 Å². The number of morpholine rings is 1. The second-order valence-corrected chi connectivity index (χ2v) is 11.8. The Balaban J connectivity index is 0.00000220. The Morgan fingerprint density at radius 2 is 1.95 bits per heavy atom. The molecule has 0 aliphatic carbocycles. The van der Waals surface area contributed by atoms with Crippen molar-refractivity contribution in [3.8, 4) is 0 Å². The second kappa shape index (κ2) is 13.4. The number of ether oxygens (including phenoxy) is 1. The number of pyridine rings is 1. The van der Waals surface area contributed by atoms with Crippen LogP contribution in [0.25, 0.3) is 0 Å². The first-order valence-corrected chi connectivity index (χ1v) is 13.6. The summed E-state index contributed by atoms with van der Waals surface area (Å²) >= 11 is 0. The highest BCUT2D eigenvalue weighted by atomic mass is 35.5. The maximum Gasteiger partial charge on any atom is 0.241 e. The summed E-state index contributed by atoms with van der Waals surface area (Å²) in [5.74, 6) is -1.12. The molecule has 2 fully saturated rings. The van der Waals surface area contributed by atoms with Crippen LogP contribution in [0.15, 0.2) is 30.5 Å². The highest BCUT2D eigenvalue weighted by molar-refractivity contribution is 5.97. The molecule has 11 heteroatoms. The van der Waals surface area contributed by atoms with Crippen molar-refractivity contribution in [2.24, 2.45) is 0 Å². The standard InChI is InChI=1S/C29H39F2N5O2.2ClH/c1-19-14-35(24(13-32-19)15-34-7-8-38-17-20(34)2)16-27(37)36-18-29(3,4)28-26(36)10-21(12-33-28)9-22-5-6-23(30)11-25(22)31;;/h5-6,10-12,19-20,24,32H,7-9,13-18H2,1-4H3;2*1H/t19-,20?,24-;;/m1../s1. The Labute approximate surface area is 248 Å². The lowest BCUT2D eigenvalue weighted by Gasteiger charge is -2.43. The van der Waals surface area contributed by atoms with E-state index in [0.717, 1.165) is 62.4 Å². The van der Waals surface area contributed by atoms with Crippen LogP contribution in [0.4, 0.5) is 14.5 Å². The largest absolute Gasteiger partial charge is 0.379 e. The SMILES string of the molecule is CC1COCCN1C[C@H]1CN[C@H](C)CN1CC(=O)N1CC(C)(C)c2ncc(Cc3ccc(F)cc3F)cc21.Cl.Cl. The quantitative estimate of drug-likeness (QED) is 0.545. The molecule has 40 heavy (non-hydrogen) atoms. The maximum absolute atomic E-state index is 14.3. The number of benzene rings is 1. The first kappa shape index (κ1) is 32.6. The van der Waals surface area contributed by atoms with Crippen molar-refractivity contribution in [1.82, 2.24) is 20.1 Å². The summed E-state index contributed by atoms with van der Waals surface area (Å²) in [7, 11) is 0. The van der Waals surface area contributed by atoms with E-state index in [1.165, 1.54) is 12.1 Å². The number of anilines is 1. The van der Waals surface area contributed by atoms with Gasteiger partial charge in [0.25, 0.3) is 0 Å². The Kier molecular flexibility index (Phi) is 10.9. The van der Waals surface area contributed by atoms with Gasteiger partial charge in [-0.2, -0.15) is 0 Å². The van der Waals surface area contributed by atoms with E-state index in [2.05, 4.69) is 42.8 Å². The van der Waals surface area contributed by atoms with E-state index in [1.807, 2.05) is 11.0 Å². The zero-order valence-electron chi connectivity index (χ0n) is 23.7. The number of hydrogen-bond acceptors (Lipinski definition) is 6. The fraction of sp³-hybridized carbons (Fsp3) is 0.586. The third kappa shape index (κ3) is 7.12. The number of aromatic nitrogens is 1. The van der Waals surface area contributed by atoms with Crippen LogP contribution >= 0.6 is 24.8 Å². The van der Waals surface area contributed by atoms with Gasteiger partial charge in [-0.1, -0.05) is 19.9 Å². The molecule has 1 unspecified atom stereocenters. The molecule has 0 radical (unpaired) electrons. The predicted molar refractivity (Wildman–Crippen MR) is 158 cm³/mol. The average molecular weight is 601 g/mol. The second-order valence-electron chi connectivity index (χ2n) is 11.8. The van der Waals surface area contributed by atoms with Gasteiger partial charge in [-0.15, -0.1) is 24.8 Å². The van der Waals surface area contributed by atoms with Gasteiger partial charge in [0.15, 0.2) is 0 Å². The molecule has 3 atom stereocenters. The van der Waals surface area contributed by atoms with Gasteiger partial charge in [0.2, 0.25) is 5.91 Å². The molecule has 222 valence electrons. The Hall–Kier alpha value is -1.88. The van der Waals surface area contributed by atoms with Crippen molar-refractivity contribution in [3.05, 3.63) is 58.9 Å². The molecular formula is C29H41Cl2F2N5O2. The van der Waals surface area contributed by atoms with Crippen LogP contribution in [0.3, 0.4) is 0 Å². The lowest BCUT2D eigenvalue weighted by molar-refractivity contribution is -0.121. The first-order valence-electron chi connectivity index (χ1n) is 13.6. The minimum Gasteiger partial charge on any atom is -0.379 e. The van der Waals surface area contributed by atoms with Gasteiger partial charge in [-0.05, 0) is 37.1 Å². The van der Waals surface area contributed by atoms with Crippen LogP contribution < -0.4 is 10.2 Å². The van der Waals surface area contributed by atoms with Crippen LogP contribution in [0.5, 0.6) is 0 Å². The van der Waals surface area contributed by atoms with Crippen molar-refractivity contribution in [2.75, 3.05) is 57.4 Å². The number of nitrogens with one attached hydrogen (secondary N) is 1. The fourth-order valence-electron chi connectivity index (χ4n) is 5.95. The van der Waals surface area contributed by atoms with E-state index < -0.39 is 11.6 Å². The van der Waals surface area contributed by atoms with E-state index in [-0.39, 0.29) is 48.6 Å². The number of fused-ring (bicyclic) bond motifs is 1. The van der Waals surface area contributed by atoms with E-state index >= 15 is 0 Å². The molecule has 0 bridgehead atoms. The summed E-state index contributed by atoms with van der Waals surface area (Å²) in [4.78, 5) is 25.2. The van der Waals surface area contributed by atoms with Crippen LogP contribution in [0.2, 0.25) is 0 Å². The summed E-state index contributed by atoms with van der Waals surface area (Å²) in [6, 6.07) is 6.48. The number of rotatable bonds is 6. The Bertz CT molecular complexity index is 1190. The Morgan fingerprint density at radius 3 is 2.67 bits per heavy atom. The molecule has 0 spiro atoms. The maximum atomic E-state index is 14.3. The molecule has 5 rings (SSSR count). The zero-order valence-corrected chi connectivity index (χ0v) is 25.3. The number of carbonyl (C=O) groups is 1. The average Bonchev–Trinajstić information content (AvgIpc) is 3.14. The third-order valence-electron chi connectivity index (χ3n) is 8.14.